The molecule has 0 bridgehead atoms. The summed E-state index contributed by atoms with van der Waals surface area (Å²) in [5.74, 6) is 1.26. The summed E-state index contributed by atoms with van der Waals surface area (Å²) >= 11 is 5.99. The van der Waals surface area contributed by atoms with Crippen LogP contribution >= 0.6 is 11.6 Å². The number of allylic oxidation sites excluding steroid dienone is 1. The molecular weight excluding hydrogens is 320 g/mol. The fourth-order valence-corrected chi connectivity index (χ4v) is 2.46. The molecule has 0 aliphatic heterocycles. The summed E-state index contributed by atoms with van der Waals surface area (Å²) in [5, 5.41) is 18.9. The summed E-state index contributed by atoms with van der Waals surface area (Å²) in [7, 11) is 0. The molecule has 0 radical (unpaired) electrons. The zero-order valence-electron chi connectivity index (χ0n) is 12.5. The largest absolute Gasteiger partial charge is 0.457 e. The molecule has 3 rings (SSSR count). The van der Waals surface area contributed by atoms with Gasteiger partial charge in [0.15, 0.2) is 0 Å². The maximum absolute atomic E-state index is 9.39. The summed E-state index contributed by atoms with van der Waals surface area (Å²) in [6.45, 7) is 0. The number of benzene rings is 2. The van der Waals surface area contributed by atoms with E-state index < -0.39 is 0 Å². The molecule has 0 N–H and O–H groups in total. The minimum Gasteiger partial charge on any atom is -0.457 e. The molecule has 0 amide bonds. The Hall–Kier alpha value is -3.27. The van der Waals surface area contributed by atoms with E-state index in [2.05, 4.69) is 12.1 Å². The average molecular weight is 331 g/mol. The summed E-state index contributed by atoms with van der Waals surface area (Å²) in [6, 6.07) is 22.1. The normalized spacial score (nSPS) is 10.9. The predicted molar refractivity (Wildman–Crippen MR) is 93.8 cm³/mol. The molecule has 0 saturated heterocycles. The van der Waals surface area contributed by atoms with Crippen LogP contribution in [-0.2, 0) is 0 Å². The van der Waals surface area contributed by atoms with Gasteiger partial charge in [-0.05, 0) is 48.0 Å². The lowest BCUT2D eigenvalue weighted by atomic mass is 10.0. The Morgan fingerprint density at radius 3 is 2.46 bits per heavy atom. The van der Waals surface area contributed by atoms with Crippen LogP contribution in [0.3, 0.4) is 0 Å². The van der Waals surface area contributed by atoms with Gasteiger partial charge in [0.2, 0.25) is 0 Å². The zero-order chi connectivity index (χ0) is 16.9. The topological polar surface area (TPSA) is 60.7 Å². The van der Waals surface area contributed by atoms with Crippen molar-refractivity contribution in [1.29, 1.82) is 10.5 Å². The molecule has 0 atom stereocenters. The molecule has 114 valence electrons. The van der Waals surface area contributed by atoms with Gasteiger partial charge < -0.3 is 4.42 Å². The van der Waals surface area contributed by atoms with Crippen molar-refractivity contribution < 1.29 is 4.42 Å². The highest BCUT2D eigenvalue weighted by Gasteiger charge is 2.07. The molecule has 0 saturated carbocycles. The lowest BCUT2D eigenvalue weighted by Crippen LogP contribution is -1.82. The number of hydrogen-bond donors (Lipinski definition) is 0. The van der Waals surface area contributed by atoms with Gasteiger partial charge in [0, 0.05) is 10.6 Å². The molecule has 0 aliphatic rings. The van der Waals surface area contributed by atoms with Crippen molar-refractivity contribution in [3.63, 3.8) is 0 Å². The third-order valence-electron chi connectivity index (χ3n) is 3.47. The Kier molecular flexibility index (Phi) is 4.47. The standard InChI is InChI=1S/C20H11ClN2O/c21-18-3-1-2-16(10-18)20-9-8-19(24-20)11-17(13-23)15-6-4-14(12-22)5-7-15/h1-11H/b17-11+. The van der Waals surface area contributed by atoms with Crippen molar-refractivity contribution in [2.75, 3.05) is 0 Å². The third-order valence-corrected chi connectivity index (χ3v) is 3.70. The van der Waals surface area contributed by atoms with Crippen molar-refractivity contribution in [3.8, 4) is 23.5 Å². The fourth-order valence-electron chi connectivity index (χ4n) is 2.27. The van der Waals surface area contributed by atoms with Gasteiger partial charge in [0.25, 0.3) is 0 Å². The molecule has 0 fully saturated rings. The van der Waals surface area contributed by atoms with Gasteiger partial charge in [-0.25, -0.2) is 0 Å². The monoisotopic (exact) mass is 330 g/mol. The minimum absolute atomic E-state index is 0.464. The summed E-state index contributed by atoms with van der Waals surface area (Å²) in [5.41, 5.74) is 2.63. The van der Waals surface area contributed by atoms with Crippen molar-refractivity contribution in [2.24, 2.45) is 0 Å². The highest BCUT2D eigenvalue weighted by atomic mass is 35.5. The van der Waals surface area contributed by atoms with Crippen LogP contribution < -0.4 is 0 Å². The van der Waals surface area contributed by atoms with E-state index in [4.69, 9.17) is 21.3 Å². The predicted octanol–water partition coefficient (Wildman–Crippen LogP) is 5.54. The molecule has 1 heterocycles. The number of nitrogens with zero attached hydrogens (tertiary/aromatic N) is 2. The van der Waals surface area contributed by atoms with Crippen molar-refractivity contribution >= 4 is 23.3 Å². The van der Waals surface area contributed by atoms with Crippen LogP contribution in [0, 0.1) is 22.7 Å². The van der Waals surface area contributed by atoms with E-state index >= 15 is 0 Å². The van der Waals surface area contributed by atoms with Crippen LogP contribution in [0.5, 0.6) is 0 Å². The number of rotatable bonds is 3. The highest BCUT2D eigenvalue weighted by molar-refractivity contribution is 6.30. The summed E-state index contributed by atoms with van der Waals surface area (Å²) in [6.07, 6.45) is 1.68. The first-order valence-electron chi connectivity index (χ1n) is 7.18. The van der Waals surface area contributed by atoms with Crippen LogP contribution in [0.2, 0.25) is 5.02 Å². The lowest BCUT2D eigenvalue weighted by Gasteiger charge is -1.99. The number of halogens is 1. The number of nitriles is 2. The van der Waals surface area contributed by atoms with Gasteiger partial charge >= 0.3 is 0 Å². The molecule has 2 aromatic carbocycles. The van der Waals surface area contributed by atoms with Gasteiger partial charge in [-0.2, -0.15) is 10.5 Å². The van der Waals surface area contributed by atoms with Crippen LogP contribution in [0.4, 0.5) is 0 Å². The van der Waals surface area contributed by atoms with Crippen molar-refractivity contribution in [3.05, 3.63) is 82.6 Å². The van der Waals surface area contributed by atoms with Crippen LogP contribution in [-0.4, -0.2) is 0 Å². The Bertz CT molecular complexity index is 985. The Balaban J connectivity index is 1.92. The molecule has 0 unspecified atom stereocenters. The third kappa shape index (κ3) is 3.38. The van der Waals surface area contributed by atoms with E-state index in [0.717, 1.165) is 11.1 Å². The van der Waals surface area contributed by atoms with Crippen LogP contribution in [0.15, 0.2) is 65.1 Å². The Morgan fingerprint density at radius 2 is 1.79 bits per heavy atom. The molecule has 3 nitrogen and oxygen atoms in total. The van der Waals surface area contributed by atoms with Gasteiger partial charge in [0.05, 0.1) is 23.3 Å². The average Bonchev–Trinajstić information content (AvgIpc) is 3.08. The summed E-state index contributed by atoms with van der Waals surface area (Å²) in [4.78, 5) is 0. The Morgan fingerprint density at radius 1 is 1.00 bits per heavy atom. The minimum atomic E-state index is 0.464. The SMILES string of the molecule is N#C/C(=C\c1ccc(-c2cccc(Cl)c2)o1)c1ccc(C#N)cc1. The van der Waals surface area contributed by atoms with Gasteiger partial charge in [-0.3, -0.25) is 0 Å². The van der Waals surface area contributed by atoms with E-state index in [1.165, 1.54) is 0 Å². The van der Waals surface area contributed by atoms with E-state index in [-0.39, 0.29) is 0 Å². The summed E-state index contributed by atoms with van der Waals surface area (Å²) < 4.78 is 5.78. The van der Waals surface area contributed by atoms with E-state index in [1.54, 1.807) is 42.5 Å². The van der Waals surface area contributed by atoms with E-state index in [1.807, 2.05) is 24.3 Å². The highest BCUT2D eigenvalue weighted by Crippen LogP contribution is 2.27. The molecule has 1 aromatic heterocycles. The first-order chi connectivity index (χ1) is 11.7. The number of hydrogen-bond acceptors (Lipinski definition) is 3. The van der Waals surface area contributed by atoms with Crippen LogP contribution in [0.25, 0.3) is 23.0 Å². The molecule has 24 heavy (non-hydrogen) atoms. The lowest BCUT2D eigenvalue weighted by molar-refractivity contribution is 0.572. The van der Waals surface area contributed by atoms with Crippen molar-refractivity contribution in [2.45, 2.75) is 0 Å². The van der Waals surface area contributed by atoms with Gasteiger partial charge in [0.1, 0.15) is 11.5 Å². The number of furan rings is 1. The first-order valence-corrected chi connectivity index (χ1v) is 7.55. The second-order valence-electron chi connectivity index (χ2n) is 5.07. The first kappa shape index (κ1) is 15.6. The van der Waals surface area contributed by atoms with Crippen molar-refractivity contribution in [1.82, 2.24) is 0 Å². The fraction of sp³-hybridized carbons (Fsp3) is 0. The smallest absolute Gasteiger partial charge is 0.134 e. The second-order valence-corrected chi connectivity index (χ2v) is 5.51. The van der Waals surface area contributed by atoms with Gasteiger partial charge in [-0.1, -0.05) is 35.9 Å². The molecular formula is C20H11ClN2O. The second kappa shape index (κ2) is 6.87. The quantitative estimate of drug-likeness (QED) is 0.593. The molecule has 0 spiro atoms. The van der Waals surface area contributed by atoms with E-state index in [0.29, 0.717) is 27.7 Å². The van der Waals surface area contributed by atoms with Crippen LogP contribution in [0.1, 0.15) is 16.9 Å². The molecule has 4 heteroatoms. The maximum Gasteiger partial charge on any atom is 0.134 e. The van der Waals surface area contributed by atoms with E-state index in [9.17, 15) is 5.26 Å². The maximum atomic E-state index is 9.39. The van der Waals surface area contributed by atoms with Gasteiger partial charge in [-0.15, -0.1) is 0 Å². The zero-order valence-corrected chi connectivity index (χ0v) is 13.3. The molecule has 0 aliphatic carbocycles. The molecule has 3 aromatic rings. The Labute approximate surface area is 144 Å².